The molecule has 8 heteroatoms. The van der Waals surface area contributed by atoms with Crippen LogP contribution in [0.5, 0.6) is 0 Å². The van der Waals surface area contributed by atoms with Crippen molar-refractivity contribution in [2.45, 2.75) is 11.4 Å². The van der Waals surface area contributed by atoms with Crippen molar-refractivity contribution in [3.8, 4) is 0 Å². The molecule has 0 amide bonds. The van der Waals surface area contributed by atoms with Crippen molar-refractivity contribution in [1.82, 2.24) is 5.32 Å². The number of hydrogen-bond acceptors (Lipinski definition) is 3. The van der Waals surface area contributed by atoms with E-state index in [0.29, 0.717) is 15.8 Å². The highest BCUT2D eigenvalue weighted by atomic mass is 35.5. The predicted molar refractivity (Wildman–Crippen MR) is 82.9 cm³/mol. The standard InChI is InChI=1S/C11H12Cl2N2O2S2/c12-7-3-1-2-4-9(7)14-11(18)15-10-6-19(16,17)5-8(10)13/h1-4,8,10H,5-6H2,(H2,14,15,18)/t8-,10+/m1/s1. The number of alkyl halides is 1. The summed E-state index contributed by atoms with van der Waals surface area (Å²) < 4.78 is 22.9. The second kappa shape index (κ2) is 5.83. The molecule has 1 aromatic rings. The first-order valence-electron chi connectivity index (χ1n) is 5.54. The van der Waals surface area contributed by atoms with E-state index in [0.717, 1.165) is 0 Å². The van der Waals surface area contributed by atoms with Gasteiger partial charge >= 0.3 is 0 Å². The number of halogens is 2. The summed E-state index contributed by atoms with van der Waals surface area (Å²) in [7, 11) is -3.08. The van der Waals surface area contributed by atoms with Gasteiger partial charge in [-0.15, -0.1) is 11.6 Å². The van der Waals surface area contributed by atoms with Crippen molar-refractivity contribution in [3.05, 3.63) is 29.3 Å². The van der Waals surface area contributed by atoms with Gasteiger partial charge in [0.25, 0.3) is 0 Å². The van der Waals surface area contributed by atoms with E-state index in [2.05, 4.69) is 10.6 Å². The minimum absolute atomic E-state index is 0.00842. The fraction of sp³-hybridized carbons (Fsp3) is 0.364. The highest BCUT2D eigenvalue weighted by molar-refractivity contribution is 7.91. The molecule has 1 heterocycles. The lowest BCUT2D eigenvalue weighted by Crippen LogP contribution is -2.42. The van der Waals surface area contributed by atoms with E-state index in [1.807, 2.05) is 12.1 Å². The Bertz CT molecular complexity index is 592. The fourth-order valence-corrected chi connectivity index (χ4v) is 4.82. The zero-order valence-electron chi connectivity index (χ0n) is 9.77. The van der Waals surface area contributed by atoms with Crippen LogP contribution in [0.2, 0.25) is 5.02 Å². The molecule has 19 heavy (non-hydrogen) atoms. The van der Waals surface area contributed by atoms with Gasteiger partial charge in [-0.25, -0.2) is 8.42 Å². The van der Waals surface area contributed by atoms with Gasteiger partial charge in [0.15, 0.2) is 14.9 Å². The van der Waals surface area contributed by atoms with Crippen LogP contribution in [0.4, 0.5) is 5.69 Å². The molecule has 1 saturated heterocycles. The number of thiocarbonyl (C=S) groups is 1. The van der Waals surface area contributed by atoms with Crippen LogP contribution in [0.25, 0.3) is 0 Å². The summed E-state index contributed by atoms with van der Waals surface area (Å²) in [6.07, 6.45) is 0. The van der Waals surface area contributed by atoms with Crippen LogP contribution in [0.15, 0.2) is 24.3 Å². The molecular formula is C11H12Cl2N2O2S2. The van der Waals surface area contributed by atoms with Crippen LogP contribution >= 0.6 is 35.4 Å². The van der Waals surface area contributed by atoms with Gasteiger partial charge in [-0.05, 0) is 24.4 Å². The molecule has 1 aliphatic heterocycles. The van der Waals surface area contributed by atoms with Crippen LogP contribution in [0.3, 0.4) is 0 Å². The maximum absolute atomic E-state index is 11.4. The Morgan fingerprint density at radius 3 is 2.58 bits per heavy atom. The molecule has 4 nitrogen and oxygen atoms in total. The van der Waals surface area contributed by atoms with Crippen molar-refractivity contribution in [3.63, 3.8) is 0 Å². The molecule has 0 radical (unpaired) electrons. The lowest BCUT2D eigenvalue weighted by molar-refractivity contribution is 0.600. The molecule has 1 fully saturated rings. The monoisotopic (exact) mass is 338 g/mol. The maximum Gasteiger partial charge on any atom is 0.171 e. The minimum Gasteiger partial charge on any atom is -0.357 e. The van der Waals surface area contributed by atoms with E-state index >= 15 is 0 Å². The second-order valence-corrected chi connectivity index (χ2v) is 7.81. The molecule has 1 aromatic carbocycles. The number of nitrogens with one attached hydrogen (secondary N) is 2. The molecule has 0 aromatic heterocycles. The SMILES string of the molecule is O=S1(=O)C[C@@H](Cl)[C@@H](NC(=S)Nc2ccccc2Cl)C1. The van der Waals surface area contributed by atoms with Crippen LogP contribution in [0, 0.1) is 0 Å². The first-order valence-corrected chi connectivity index (χ1v) is 8.58. The third-order valence-electron chi connectivity index (χ3n) is 2.72. The van der Waals surface area contributed by atoms with E-state index in [9.17, 15) is 8.42 Å². The van der Waals surface area contributed by atoms with Gasteiger partial charge in [-0.2, -0.15) is 0 Å². The Morgan fingerprint density at radius 2 is 2.00 bits per heavy atom. The quantitative estimate of drug-likeness (QED) is 0.638. The molecule has 0 spiro atoms. The first kappa shape index (κ1) is 14.8. The number of benzene rings is 1. The smallest absolute Gasteiger partial charge is 0.171 e. The highest BCUT2D eigenvalue weighted by Gasteiger charge is 2.36. The average Bonchev–Trinajstić information content (AvgIpc) is 2.55. The molecule has 0 unspecified atom stereocenters. The van der Waals surface area contributed by atoms with E-state index in [4.69, 9.17) is 35.4 Å². The van der Waals surface area contributed by atoms with Crippen LogP contribution in [-0.4, -0.2) is 36.5 Å². The summed E-state index contributed by atoms with van der Waals surface area (Å²) in [5.74, 6) is -0.0353. The third kappa shape index (κ3) is 3.95. The summed E-state index contributed by atoms with van der Waals surface area (Å²) in [5, 5.41) is 6.20. The zero-order chi connectivity index (χ0) is 14.0. The van der Waals surface area contributed by atoms with E-state index in [1.54, 1.807) is 12.1 Å². The predicted octanol–water partition coefficient (Wildman–Crippen LogP) is 2.03. The largest absolute Gasteiger partial charge is 0.357 e. The van der Waals surface area contributed by atoms with E-state index in [1.165, 1.54) is 0 Å². The molecule has 2 N–H and O–H groups in total. The molecule has 0 bridgehead atoms. The number of para-hydroxylation sites is 1. The van der Waals surface area contributed by atoms with Crippen molar-refractivity contribution in [2.75, 3.05) is 16.8 Å². The topological polar surface area (TPSA) is 58.2 Å². The Kier molecular flexibility index (Phi) is 4.55. The van der Waals surface area contributed by atoms with E-state index in [-0.39, 0.29) is 17.5 Å². The van der Waals surface area contributed by atoms with Crippen molar-refractivity contribution in [2.24, 2.45) is 0 Å². The molecule has 0 saturated carbocycles. The Balaban J connectivity index is 1.98. The molecule has 0 aliphatic carbocycles. The zero-order valence-corrected chi connectivity index (χ0v) is 12.9. The van der Waals surface area contributed by atoms with Gasteiger partial charge in [0, 0.05) is 0 Å². The van der Waals surface area contributed by atoms with Gasteiger partial charge in [-0.3, -0.25) is 0 Å². The van der Waals surface area contributed by atoms with Gasteiger partial charge in [0.2, 0.25) is 0 Å². The Morgan fingerprint density at radius 1 is 1.32 bits per heavy atom. The van der Waals surface area contributed by atoms with Crippen LogP contribution in [-0.2, 0) is 9.84 Å². The number of rotatable bonds is 2. The van der Waals surface area contributed by atoms with Gasteiger partial charge in [0.05, 0.1) is 33.6 Å². The molecule has 104 valence electrons. The lowest BCUT2D eigenvalue weighted by Gasteiger charge is -2.17. The number of hydrogen-bond donors (Lipinski definition) is 2. The average molecular weight is 339 g/mol. The Hall–Kier alpha value is -0.560. The minimum atomic E-state index is -3.08. The lowest BCUT2D eigenvalue weighted by atomic mass is 10.2. The summed E-state index contributed by atoms with van der Waals surface area (Å²) in [4.78, 5) is 0. The normalized spacial score (nSPS) is 24.9. The van der Waals surface area contributed by atoms with Crippen LogP contribution < -0.4 is 10.6 Å². The van der Waals surface area contributed by atoms with Gasteiger partial charge in [0.1, 0.15) is 0 Å². The molecule has 1 aliphatic rings. The highest BCUT2D eigenvalue weighted by Crippen LogP contribution is 2.21. The van der Waals surface area contributed by atoms with Crippen molar-refractivity contribution in [1.29, 1.82) is 0 Å². The summed E-state index contributed by atoms with van der Waals surface area (Å²) in [6.45, 7) is 0. The molecule has 2 rings (SSSR count). The first-order chi connectivity index (χ1) is 8.87. The summed E-state index contributed by atoms with van der Waals surface area (Å²) in [6, 6.07) is 6.76. The summed E-state index contributed by atoms with van der Waals surface area (Å²) in [5.41, 5.74) is 0.661. The third-order valence-corrected chi connectivity index (χ3v) is 5.65. The number of anilines is 1. The van der Waals surface area contributed by atoms with Crippen molar-refractivity contribution >= 4 is 56.1 Å². The fourth-order valence-electron chi connectivity index (χ4n) is 1.83. The molecular weight excluding hydrogens is 327 g/mol. The van der Waals surface area contributed by atoms with Gasteiger partial charge < -0.3 is 10.6 Å². The Labute approximate surface area is 127 Å². The maximum atomic E-state index is 11.4. The number of sulfone groups is 1. The van der Waals surface area contributed by atoms with E-state index < -0.39 is 15.2 Å². The van der Waals surface area contributed by atoms with Crippen LogP contribution in [0.1, 0.15) is 0 Å². The van der Waals surface area contributed by atoms with Crippen molar-refractivity contribution < 1.29 is 8.42 Å². The van der Waals surface area contributed by atoms with Gasteiger partial charge in [-0.1, -0.05) is 23.7 Å². The second-order valence-electron chi connectivity index (χ2n) is 4.28. The summed E-state index contributed by atoms with van der Waals surface area (Å²) >= 11 is 17.1. The molecule has 2 atom stereocenters.